The van der Waals surface area contributed by atoms with Crippen molar-refractivity contribution >= 4 is 5.57 Å². The number of rotatable bonds is 6. The molecule has 2 aromatic heterocycles. The van der Waals surface area contributed by atoms with E-state index in [1.165, 1.54) is 16.7 Å². The standard InChI is InChI=1S/C27H28N2/c1-5-20(3)10-7-12-22(6-2)26-17-25(23-13-8-11-21(4)16-23)18-27(29-26)24-14-9-15-28-19-24/h6-19H,5H2,1-4H3/b12-7-,20-10?,22-6+. The van der Waals surface area contributed by atoms with Crippen LogP contribution in [0.25, 0.3) is 28.0 Å². The van der Waals surface area contributed by atoms with Gasteiger partial charge in [-0.05, 0) is 68.2 Å². The molecule has 3 rings (SSSR count). The zero-order valence-electron chi connectivity index (χ0n) is 17.7. The van der Waals surface area contributed by atoms with Crippen LogP contribution < -0.4 is 0 Å². The monoisotopic (exact) mass is 380 g/mol. The minimum Gasteiger partial charge on any atom is -0.264 e. The summed E-state index contributed by atoms with van der Waals surface area (Å²) in [5, 5.41) is 0. The number of hydrogen-bond acceptors (Lipinski definition) is 2. The molecule has 3 aromatic rings. The van der Waals surface area contributed by atoms with Crippen molar-refractivity contribution in [3.05, 3.63) is 102 Å². The Labute approximate surface area is 174 Å². The molecule has 29 heavy (non-hydrogen) atoms. The number of pyridine rings is 2. The first-order valence-corrected chi connectivity index (χ1v) is 10.1. The van der Waals surface area contributed by atoms with E-state index in [0.29, 0.717) is 0 Å². The fourth-order valence-electron chi connectivity index (χ4n) is 3.10. The van der Waals surface area contributed by atoms with Crippen LogP contribution in [-0.2, 0) is 0 Å². The van der Waals surface area contributed by atoms with Gasteiger partial charge < -0.3 is 0 Å². The lowest BCUT2D eigenvalue weighted by Gasteiger charge is -2.11. The predicted octanol–water partition coefficient (Wildman–Crippen LogP) is 7.43. The molecule has 0 bridgehead atoms. The summed E-state index contributed by atoms with van der Waals surface area (Å²) in [7, 11) is 0. The maximum absolute atomic E-state index is 4.96. The lowest BCUT2D eigenvalue weighted by Crippen LogP contribution is -1.94. The molecular weight excluding hydrogens is 352 g/mol. The van der Waals surface area contributed by atoms with E-state index in [1.807, 2.05) is 12.3 Å². The first-order chi connectivity index (χ1) is 14.1. The van der Waals surface area contributed by atoms with Gasteiger partial charge in [-0.15, -0.1) is 0 Å². The van der Waals surface area contributed by atoms with Gasteiger partial charge in [0.2, 0.25) is 0 Å². The second kappa shape index (κ2) is 9.79. The van der Waals surface area contributed by atoms with E-state index in [4.69, 9.17) is 4.98 Å². The second-order valence-electron chi connectivity index (χ2n) is 7.21. The van der Waals surface area contributed by atoms with Crippen LogP contribution in [0.5, 0.6) is 0 Å². The van der Waals surface area contributed by atoms with Gasteiger partial charge in [-0.25, -0.2) is 4.98 Å². The highest BCUT2D eigenvalue weighted by atomic mass is 14.7. The topological polar surface area (TPSA) is 25.8 Å². The number of aryl methyl sites for hydroxylation is 1. The Kier molecular flexibility index (Phi) is 6.91. The minimum atomic E-state index is 0.931. The third-order valence-electron chi connectivity index (χ3n) is 4.96. The zero-order valence-corrected chi connectivity index (χ0v) is 17.7. The molecule has 0 amide bonds. The predicted molar refractivity (Wildman–Crippen MR) is 124 cm³/mol. The molecule has 0 fully saturated rings. The Balaban J connectivity index is 2.12. The molecular formula is C27H28N2. The molecule has 0 saturated carbocycles. The summed E-state index contributed by atoms with van der Waals surface area (Å²) in [5.74, 6) is 0. The Bertz CT molecular complexity index is 1060. The Morgan fingerprint density at radius 3 is 2.52 bits per heavy atom. The van der Waals surface area contributed by atoms with Gasteiger partial charge in [-0.3, -0.25) is 4.98 Å². The molecule has 2 heteroatoms. The summed E-state index contributed by atoms with van der Waals surface area (Å²) < 4.78 is 0. The van der Waals surface area contributed by atoms with Gasteiger partial charge in [0, 0.05) is 18.0 Å². The van der Waals surface area contributed by atoms with Crippen LogP contribution in [0.2, 0.25) is 0 Å². The molecule has 2 heterocycles. The van der Waals surface area contributed by atoms with Crippen molar-refractivity contribution in [2.24, 2.45) is 0 Å². The highest BCUT2D eigenvalue weighted by Gasteiger charge is 2.09. The summed E-state index contributed by atoms with van der Waals surface area (Å²) in [5.41, 5.74) is 8.97. The van der Waals surface area contributed by atoms with Crippen LogP contribution in [0.4, 0.5) is 0 Å². The molecule has 0 aliphatic heterocycles. The normalized spacial score (nSPS) is 12.6. The van der Waals surface area contributed by atoms with E-state index >= 15 is 0 Å². The van der Waals surface area contributed by atoms with Crippen LogP contribution in [0, 0.1) is 6.92 Å². The summed E-state index contributed by atoms with van der Waals surface area (Å²) in [6, 6.07) is 16.9. The van der Waals surface area contributed by atoms with Gasteiger partial charge in [0.15, 0.2) is 0 Å². The Hall–Kier alpha value is -3.26. The number of hydrogen-bond donors (Lipinski definition) is 0. The molecule has 0 N–H and O–H groups in total. The maximum Gasteiger partial charge on any atom is 0.0731 e. The van der Waals surface area contributed by atoms with Gasteiger partial charge >= 0.3 is 0 Å². The number of allylic oxidation sites excluding steroid dienone is 6. The largest absolute Gasteiger partial charge is 0.264 e. The molecule has 0 saturated heterocycles. The SMILES string of the molecule is C/C=C(\C=C/C=C(C)CC)c1cc(-c2cccc(C)c2)cc(-c2cccnc2)n1. The van der Waals surface area contributed by atoms with Gasteiger partial charge in [-0.1, -0.05) is 66.6 Å². The average molecular weight is 381 g/mol. The molecule has 0 aliphatic carbocycles. The molecule has 2 nitrogen and oxygen atoms in total. The van der Waals surface area contributed by atoms with Gasteiger partial charge in [0.05, 0.1) is 11.4 Å². The van der Waals surface area contributed by atoms with Gasteiger partial charge in [0.25, 0.3) is 0 Å². The first-order valence-electron chi connectivity index (χ1n) is 10.1. The number of aromatic nitrogens is 2. The third kappa shape index (κ3) is 5.39. The lowest BCUT2D eigenvalue weighted by molar-refractivity contribution is 1.10. The van der Waals surface area contributed by atoms with Crippen LogP contribution in [0.15, 0.2) is 90.8 Å². The van der Waals surface area contributed by atoms with Crippen molar-refractivity contribution in [2.75, 3.05) is 0 Å². The van der Waals surface area contributed by atoms with Crippen LogP contribution in [0.1, 0.15) is 38.4 Å². The third-order valence-corrected chi connectivity index (χ3v) is 4.96. The van der Waals surface area contributed by atoms with Crippen molar-refractivity contribution < 1.29 is 0 Å². The summed E-state index contributed by atoms with van der Waals surface area (Å²) in [6.07, 6.45) is 13.2. The molecule has 0 unspecified atom stereocenters. The van der Waals surface area contributed by atoms with Crippen molar-refractivity contribution in [3.8, 4) is 22.4 Å². The van der Waals surface area contributed by atoms with Gasteiger partial charge in [-0.2, -0.15) is 0 Å². The van der Waals surface area contributed by atoms with Crippen molar-refractivity contribution in [1.29, 1.82) is 0 Å². The number of nitrogens with zero attached hydrogens (tertiary/aromatic N) is 2. The van der Waals surface area contributed by atoms with E-state index < -0.39 is 0 Å². The van der Waals surface area contributed by atoms with Crippen molar-refractivity contribution in [3.63, 3.8) is 0 Å². The van der Waals surface area contributed by atoms with E-state index in [1.54, 1.807) is 6.20 Å². The molecule has 0 atom stereocenters. The Morgan fingerprint density at radius 1 is 1.00 bits per heavy atom. The van der Waals surface area contributed by atoms with Crippen LogP contribution in [-0.4, -0.2) is 9.97 Å². The highest BCUT2D eigenvalue weighted by Crippen LogP contribution is 2.29. The van der Waals surface area contributed by atoms with E-state index in [-0.39, 0.29) is 0 Å². The van der Waals surface area contributed by atoms with Crippen molar-refractivity contribution in [1.82, 2.24) is 9.97 Å². The molecule has 146 valence electrons. The summed E-state index contributed by atoms with van der Waals surface area (Å²) in [4.78, 5) is 9.23. The lowest BCUT2D eigenvalue weighted by atomic mass is 9.99. The fraction of sp³-hybridized carbons (Fsp3) is 0.185. The average Bonchev–Trinajstić information content (AvgIpc) is 2.77. The molecule has 0 radical (unpaired) electrons. The molecule has 0 spiro atoms. The van der Waals surface area contributed by atoms with E-state index in [9.17, 15) is 0 Å². The minimum absolute atomic E-state index is 0.931. The van der Waals surface area contributed by atoms with Gasteiger partial charge in [0.1, 0.15) is 0 Å². The smallest absolute Gasteiger partial charge is 0.0731 e. The van der Waals surface area contributed by atoms with E-state index in [0.717, 1.165) is 34.5 Å². The fourth-order valence-corrected chi connectivity index (χ4v) is 3.10. The summed E-state index contributed by atoms with van der Waals surface area (Å²) >= 11 is 0. The molecule has 0 aliphatic rings. The quantitative estimate of drug-likeness (QED) is 0.415. The van der Waals surface area contributed by atoms with E-state index in [2.05, 4.69) is 99.4 Å². The Morgan fingerprint density at radius 2 is 1.83 bits per heavy atom. The number of benzene rings is 1. The maximum atomic E-state index is 4.96. The first kappa shape index (κ1) is 20.5. The van der Waals surface area contributed by atoms with Crippen LogP contribution >= 0.6 is 0 Å². The highest BCUT2D eigenvalue weighted by molar-refractivity contribution is 5.79. The molecule has 1 aromatic carbocycles. The van der Waals surface area contributed by atoms with Crippen LogP contribution in [0.3, 0.4) is 0 Å². The zero-order chi connectivity index (χ0) is 20.6. The van der Waals surface area contributed by atoms with Crippen molar-refractivity contribution in [2.45, 2.75) is 34.1 Å². The summed E-state index contributed by atoms with van der Waals surface area (Å²) in [6.45, 7) is 8.50. The second-order valence-corrected chi connectivity index (χ2v) is 7.21.